The number of aromatic nitrogens is 1. The van der Waals surface area contributed by atoms with Crippen LogP contribution in [0.5, 0.6) is 0 Å². The summed E-state index contributed by atoms with van der Waals surface area (Å²) < 4.78 is 0. The fraction of sp³-hybridized carbons (Fsp3) is 0.154. The van der Waals surface area contributed by atoms with Crippen LogP contribution in [-0.2, 0) is 0 Å². The minimum absolute atomic E-state index is 0.0725. The van der Waals surface area contributed by atoms with Gasteiger partial charge < -0.3 is 10.0 Å². The molecule has 0 unspecified atom stereocenters. The number of rotatable bonds is 3. The minimum atomic E-state index is -1.03. The number of aromatic carboxylic acids is 1. The topological polar surface area (TPSA) is 77.2 Å². The molecule has 0 saturated carbocycles. The highest BCUT2D eigenvalue weighted by Crippen LogP contribution is 2.30. The van der Waals surface area contributed by atoms with Gasteiger partial charge in [-0.25, -0.2) is 9.78 Å². The Balaban J connectivity index is 2.38. The summed E-state index contributed by atoms with van der Waals surface area (Å²) >= 11 is 1.31. The number of nitrogens with zero attached hydrogens (tertiary/aromatic N) is 3. The molecule has 96 valence electrons. The highest BCUT2D eigenvalue weighted by molar-refractivity contribution is 7.15. The van der Waals surface area contributed by atoms with Gasteiger partial charge in [0, 0.05) is 17.6 Å². The van der Waals surface area contributed by atoms with Crippen LogP contribution in [0.25, 0.3) is 0 Å². The third kappa shape index (κ3) is 2.56. The summed E-state index contributed by atoms with van der Waals surface area (Å²) in [5, 5.41) is 18.5. The van der Waals surface area contributed by atoms with Crippen molar-refractivity contribution in [1.29, 1.82) is 5.26 Å². The van der Waals surface area contributed by atoms with Gasteiger partial charge in [-0.3, -0.25) is 0 Å². The first-order chi connectivity index (χ1) is 9.02. The van der Waals surface area contributed by atoms with Crippen molar-refractivity contribution in [3.63, 3.8) is 0 Å². The highest BCUT2D eigenvalue weighted by atomic mass is 32.1. The van der Waals surface area contributed by atoms with E-state index in [9.17, 15) is 4.79 Å². The van der Waals surface area contributed by atoms with Gasteiger partial charge in [0.05, 0.1) is 11.6 Å². The van der Waals surface area contributed by atoms with E-state index in [1.165, 1.54) is 11.3 Å². The predicted octanol–water partition coefficient (Wildman–Crippen LogP) is 2.79. The zero-order chi connectivity index (χ0) is 14.0. The number of anilines is 2. The Kier molecular flexibility index (Phi) is 3.49. The molecule has 1 N–H and O–H groups in total. The highest BCUT2D eigenvalue weighted by Gasteiger charge is 2.17. The van der Waals surface area contributed by atoms with Crippen molar-refractivity contribution in [3.8, 4) is 6.07 Å². The van der Waals surface area contributed by atoms with Gasteiger partial charge in [-0.1, -0.05) is 6.07 Å². The second-order valence-electron chi connectivity index (χ2n) is 3.93. The van der Waals surface area contributed by atoms with Crippen LogP contribution in [0, 0.1) is 18.3 Å². The van der Waals surface area contributed by atoms with E-state index >= 15 is 0 Å². The Hall–Kier alpha value is -2.39. The van der Waals surface area contributed by atoms with Crippen LogP contribution < -0.4 is 4.90 Å². The van der Waals surface area contributed by atoms with Crippen molar-refractivity contribution < 1.29 is 9.90 Å². The maximum atomic E-state index is 11.0. The monoisotopic (exact) mass is 273 g/mol. The summed E-state index contributed by atoms with van der Waals surface area (Å²) in [6.45, 7) is 1.73. The summed E-state index contributed by atoms with van der Waals surface area (Å²) in [6, 6.07) is 9.15. The molecular weight excluding hydrogens is 262 g/mol. The first-order valence-corrected chi connectivity index (χ1v) is 6.29. The molecule has 2 rings (SSSR count). The van der Waals surface area contributed by atoms with E-state index in [1.54, 1.807) is 37.1 Å². The van der Waals surface area contributed by atoms with Gasteiger partial charge in [-0.05, 0) is 25.1 Å². The molecule has 0 aliphatic rings. The second-order valence-corrected chi connectivity index (χ2v) is 5.11. The van der Waals surface area contributed by atoms with E-state index in [0.29, 0.717) is 15.6 Å². The molecule has 1 aromatic carbocycles. The van der Waals surface area contributed by atoms with Crippen LogP contribution in [0.4, 0.5) is 10.8 Å². The number of nitriles is 1. The summed E-state index contributed by atoms with van der Waals surface area (Å²) in [5.74, 6) is -1.03. The summed E-state index contributed by atoms with van der Waals surface area (Å²) in [7, 11) is 1.79. The summed E-state index contributed by atoms with van der Waals surface area (Å²) in [5.41, 5.74) is 1.42. The van der Waals surface area contributed by atoms with Gasteiger partial charge in [0.25, 0.3) is 0 Å². The molecular formula is C13H11N3O2S. The molecule has 0 amide bonds. The Morgan fingerprint density at radius 3 is 2.84 bits per heavy atom. The maximum absolute atomic E-state index is 11.0. The molecule has 1 heterocycles. The number of thiazole rings is 1. The lowest BCUT2D eigenvalue weighted by molar-refractivity contribution is 0.0690. The van der Waals surface area contributed by atoms with Gasteiger partial charge in [0.15, 0.2) is 10.8 Å². The maximum Gasteiger partial charge on any atom is 0.355 e. The average Bonchev–Trinajstić information content (AvgIpc) is 2.80. The van der Waals surface area contributed by atoms with Gasteiger partial charge in [-0.15, -0.1) is 11.3 Å². The van der Waals surface area contributed by atoms with Crippen molar-refractivity contribution in [3.05, 3.63) is 40.4 Å². The number of hydrogen-bond acceptors (Lipinski definition) is 5. The smallest absolute Gasteiger partial charge is 0.355 e. The molecule has 19 heavy (non-hydrogen) atoms. The van der Waals surface area contributed by atoms with Crippen molar-refractivity contribution in [1.82, 2.24) is 4.98 Å². The van der Waals surface area contributed by atoms with E-state index < -0.39 is 5.97 Å². The van der Waals surface area contributed by atoms with Crippen molar-refractivity contribution in [2.45, 2.75) is 6.92 Å². The number of aryl methyl sites for hydroxylation is 1. The van der Waals surface area contributed by atoms with E-state index in [0.717, 1.165) is 5.69 Å². The van der Waals surface area contributed by atoms with Crippen LogP contribution in [0.2, 0.25) is 0 Å². The van der Waals surface area contributed by atoms with Gasteiger partial charge >= 0.3 is 5.97 Å². The minimum Gasteiger partial charge on any atom is -0.476 e. The van der Waals surface area contributed by atoms with E-state index in [2.05, 4.69) is 11.1 Å². The number of benzene rings is 1. The van der Waals surface area contributed by atoms with E-state index in [-0.39, 0.29) is 5.69 Å². The molecule has 0 aliphatic heterocycles. The third-order valence-corrected chi connectivity index (χ3v) is 3.68. The Bertz CT molecular complexity index is 673. The van der Waals surface area contributed by atoms with Gasteiger partial charge in [0.1, 0.15) is 0 Å². The van der Waals surface area contributed by atoms with Crippen LogP contribution >= 0.6 is 11.3 Å². The average molecular weight is 273 g/mol. The molecule has 0 bridgehead atoms. The molecule has 0 saturated heterocycles. The van der Waals surface area contributed by atoms with E-state index in [1.807, 2.05) is 6.07 Å². The first-order valence-electron chi connectivity index (χ1n) is 5.47. The lowest BCUT2D eigenvalue weighted by Gasteiger charge is -2.15. The van der Waals surface area contributed by atoms with Gasteiger partial charge in [0.2, 0.25) is 0 Å². The SMILES string of the molecule is Cc1sc(N(C)c2cccc(C#N)c2)nc1C(=O)O. The normalized spacial score (nSPS) is 9.95. The molecule has 2 aromatic rings. The molecule has 5 nitrogen and oxygen atoms in total. The fourth-order valence-electron chi connectivity index (χ4n) is 1.62. The number of carbonyl (C=O) groups is 1. The standard InChI is InChI=1S/C13H11N3O2S/c1-8-11(12(17)18)15-13(19-8)16(2)10-5-3-4-9(6-10)7-14/h3-6H,1-2H3,(H,17,18). The lowest BCUT2D eigenvalue weighted by Crippen LogP contribution is -2.09. The second kappa shape index (κ2) is 5.08. The van der Waals surface area contributed by atoms with Crippen molar-refractivity contribution in [2.75, 3.05) is 11.9 Å². The zero-order valence-electron chi connectivity index (χ0n) is 10.4. The molecule has 0 spiro atoms. The predicted molar refractivity (Wildman–Crippen MR) is 73.0 cm³/mol. The summed E-state index contributed by atoms with van der Waals surface area (Å²) in [4.78, 5) is 17.5. The third-order valence-electron chi connectivity index (χ3n) is 2.64. The molecule has 0 atom stereocenters. The summed E-state index contributed by atoms with van der Waals surface area (Å²) in [6.07, 6.45) is 0. The lowest BCUT2D eigenvalue weighted by atomic mass is 10.2. The Morgan fingerprint density at radius 1 is 1.53 bits per heavy atom. The van der Waals surface area contributed by atoms with Crippen molar-refractivity contribution in [2.24, 2.45) is 0 Å². The Labute approximate surface area is 114 Å². The number of carboxylic acid groups (broad SMARTS) is 1. The molecule has 1 aromatic heterocycles. The van der Waals surface area contributed by atoms with Crippen molar-refractivity contribution >= 4 is 28.1 Å². The fourth-order valence-corrected chi connectivity index (χ4v) is 2.50. The number of carboxylic acids is 1. The van der Waals surface area contributed by atoms with Crippen LogP contribution in [-0.4, -0.2) is 23.1 Å². The van der Waals surface area contributed by atoms with Gasteiger partial charge in [-0.2, -0.15) is 5.26 Å². The molecule has 0 aliphatic carbocycles. The largest absolute Gasteiger partial charge is 0.476 e. The number of hydrogen-bond donors (Lipinski definition) is 1. The molecule has 0 radical (unpaired) electrons. The molecule has 0 fully saturated rings. The van der Waals surface area contributed by atoms with Crippen LogP contribution in [0.1, 0.15) is 20.9 Å². The first kappa shape index (κ1) is 13.1. The Morgan fingerprint density at radius 2 is 2.26 bits per heavy atom. The van der Waals surface area contributed by atoms with E-state index in [4.69, 9.17) is 10.4 Å². The van der Waals surface area contributed by atoms with Crippen LogP contribution in [0.3, 0.4) is 0 Å². The zero-order valence-corrected chi connectivity index (χ0v) is 11.2. The quantitative estimate of drug-likeness (QED) is 0.930. The van der Waals surface area contributed by atoms with Crippen LogP contribution in [0.15, 0.2) is 24.3 Å². The molecule has 6 heteroatoms.